The highest BCUT2D eigenvalue weighted by molar-refractivity contribution is 7.91. The van der Waals surface area contributed by atoms with Crippen molar-refractivity contribution in [1.29, 1.82) is 0 Å². The zero-order valence-electron chi connectivity index (χ0n) is 16.3. The van der Waals surface area contributed by atoms with E-state index < -0.39 is 33.9 Å². The highest BCUT2D eigenvalue weighted by Crippen LogP contribution is 2.20. The molecule has 0 spiro atoms. The molecule has 1 aliphatic heterocycles. The second-order valence-electron chi connectivity index (χ2n) is 7.03. The van der Waals surface area contributed by atoms with Crippen LogP contribution in [0.1, 0.15) is 29.5 Å². The highest BCUT2D eigenvalue weighted by Gasteiger charge is 2.35. The minimum atomic E-state index is -3.11. The molecule has 1 amide bonds. The van der Waals surface area contributed by atoms with Crippen LogP contribution in [0.4, 0.5) is 5.69 Å². The third-order valence-electron chi connectivity index (χ3n) is 4.92. The number of likely N-dealkylation sites (N-methyl/N-ethyl adjacent to an activating group) is 1. The number of esters is 1. The number of carbonyl (C=O) groups excluding carboxylic acids is 2. The Balaban J connectivity index is 1.62. The number of nitrogens with zero attached hydrogens (tertiary/aromatic N) is 1. The second-order valence-corrected chi connectivity index (χ2v) is 9.26. The molecule has 156 valence electrons. The van der Waals surface area contributed by atoms with Gasteiger partial charge in [0.15, 0.2) is 15.9 Å². The molecule has 1 aromatic heterocycles. The van der Waals surface area contributed by atoms with Crippen molar-refractivity contribution in [3.63, 3.8) is 0 Å². The van der Waals surface area contributed by atoms with Gasteiger partial charge in [-0.25, -0.2) is 13.2 Å². The van der Waals surface area contributed by atoms with E-state index in [9.17, 15) is 18.0 Å². The fourth-order valence-electron chi connectivity index (χ4n) is 3.23. The van der Waals surface area contributed by atoms with Gasteiger partial charge in [-0.1, -0.05) is 12.1 Å². The van der Waals surface area contributed by atoms with Crippen molar-refractivity contribution in [2.24, 2.45) is 0 Å². The standard InChI is InChI=1S/C20H24N2O6S/c1-14(19(23)22(2)15-9-11-29(25,26)13-15)28-20(24)17-7-3-4-8-18(17)21-12-16-6-5-10-27-16/h3-8,10,14-15,21H,9,11-13H2,1-2H3/t14-,15+/m1/s1. The molecule has 2 aromatic rings. The third-order valence-corrected chi connectivity index (χ3v) is 6.67. The van der Waals surface area contributed by atoms with E-state index in [2.05, 4.69) is 5.32 Å². The van der Waals surface area contributed by atoms with Crippen LogP contribution >= 0.6 is 0 Å². The summed E-state index contributed by atoms with van der Waals surface area (Å²) >= 11 is 0. The average Bonchev–Trinajstić information content (AvgIpc) is 3.34. The number of furan rings is 1. The molecule has 1 saturated heterocycles. The molecule has 0 aliphatic carbocycles. The van der Waals surface area contributed by atoms with Crippen LogP contribution in [0, 0.1) is 0 Å². The molecule has 9 heteroatoms. The predicted octanol–water partition coefficient (Wildman–Crippen LogP) is 2.08. The summed E-state index contributed by atoms with van der Waals surface area (Å²) in [4.78, 5) is 26.6. The van der Waals surface area contributed by atoms with E-state index in [1.807, 2.05) is 6.07 Å². The van der Waals surface area contributed by atoms with E-state index in [4.69, 9.17) is 9.15 Å². The number of para-hydroxylation sites is 1. The number of ether oxygens (including phenoxy) is 1. The van der Waals surface area contributed by atoms with Crippen molar-refractivity contribution in [3.05, 3.63) is 54.0 Å². The van der Waals surface area contributed by atoms with E-state index >= 15 is 0 Å². The van der Waals surface area contributed by atoms with E-state index in [1.54, 1.807) is 36.6 Å². The summed E-state index contributed by atoms with van der Waals surface area (Å²) in [7, 11) is -1.58. The number of anilines is 1. The van der Waals surface area contributed by atoms with Gasteiger partial charge in [0, 0.05) is 18.8 Å². The van der Waals surface area contributed by atoms with Gasteiger partial charge in [-0.05, 0) is 37.6 Å². The summed E-state index contributed by atoms with van der Waals surface area (Å²) in [5.41, 5.74) is 0.855. The van der Waals surface area contributed by atoms with Crippen LogP contribution in [0.25, 0.3) is 0 Å². The fraction of sp³-hybridized carbons (Fsp3) is 0.400. The Morgan fingerprint density at radius 2 is 2.03 bits per heavy atom. The molecule has 1 fully saturated rings. The number of rotatable bonds is 7. The van der Waals surface area contributed by atoms with Crippen LogP contribution in [0.2, 0.25) is 0 Å². The van der Waals surface area contributed by atoms with Gasteiger partial charge in [0.2, 0.25) is 0 Å². The molecular weight excluding hydrogens is 396 g/mol. The Morgan fingerprint density at radius 3 is 2.69 bits per heavy atom. The van der Waals surface area contributed by atoms with Crippen molar-refractivity contribution in [2.45, 2.75) is 32.0 Å². The predicted molar refractivity (Wildman–Crippen MR) is 107 cm³/mol. The summed E-state index contributed by atoms with van der Waals surface area (Å²) in [5, 5.41) is 3.12. The van der Waals surface area contributed by atoms with Crippen LogP contribution < -0.4 is 5.32 Å². The van der Waals surface area contributed by atoms with Gasteiger partial charge in [0.25, 0.3) is 5.91 Å². The molecule has 0 radical (unpaired) electrons. The minimum Gasteiger partial charge on any atom is -0.467 e. The zero-order chi connectivity index (χ0) is 21.0. The molecular formula is C20H24N2O6S. The SMILES string of the molecule is C[C@@H](OC(=O)c1ccccc1NCc1ccco1)C(=O)N(C)[C@H]1CCS(=O)(=O)C1. The Hall–Kier alpha value is -2.81. The molecule has 1 N–H and O–H groups in total. The molecule has 8 nitrogen and oxygen atoms in total. The van der Waals surface area contributed by atoms with Gasteiger partial charge in [0.05, 0.1) is 29.9 Å². The normalized spacial score (nSPS) is 18.8. The maximum Gasteiger partial charge on any atom is 0.341 e. The van der Waals surface area contributed by atoms with Crippen molar-refractivity contribution in [2.75, 3.05) is 23.9 Å². The smallest absolute Gasteiger partial charge is 0.341 e. The molecule has 0 saturated carbocycles. The van der Waals surface area contributed by atoms with Crippen molar-refractivity contribution >= 4 is 27.4 Å². The highest BCUT2D eigenvalue weighted by atomic mass is 32.2. The topological polar surface area (TPSA) is 106 Å². The molecule has 1 aliphatic rings. The Bertz CT molecular complexity index is 971. The minimum absolute atomic E-state index is 0.0601. The van der Waals surface area contributed by atoms with Gasteiger partial charge in [0.1, 0.15) is 5.76 Å². The second kappa shape index (κ2) is 8.69. The van der Waals surface area contributed by atoms with Crippen LogP contribution in [0.3, 0.4) is 0 Å². The lowest BCUT2D eigenvalue weighted by molar-refractivity contribution is -0.140. The number of benzene rings is 1. The fourth-order valence-corrected chi connectivity index (χ4v) is 5.01. The van der Waals surface area contributed by atoms with Crippen LogP contribution in [-0.4, -0.2) is 55.9 Å². The summed E-state index contributed by atoms with van der Waals surface area (Å²) in [6.07, 6.45) is 0.926. The van der Waals surface area contributed by atoms with E-state index in [1.165, 1.54) is 18.9 Å². The number of hydrogen-bond acceptors (Lipinski definition) is 7. The van der Waals surface area contributed by atoms with Gasteiger partial charge < -0.3 is 19.4 Å². The lowest BCUT2D eigenvalue weighted by Crippen LogP contribution is -2.44. The largest absolute Gasteiger partial charge is 0.467 e. The number of hydrogen-bond donors (Lipinski definition) is 1. The van der Waals surface area contributed by atoms with Gasteiger partial charge >= 0.3 is 5.97 Å². The Kier molecular flexibility index (Phi) is 6.26. The van der Waals surface area contributed by atoms with Crippen LogP contribution in [-0.2, 0) is 25.9 Å². The first-order chi connectivity index (χ1) is 13.8. The van der Waals surface area contributed by atoms with Gasteiger partial charge in [-0.15, -0.1) is 0 Å². The molecule has 29 heavy (non-hydrogen) atoms. The average molecular weight is 420 g/mol. The molecule has 2 heterocycles. The van der Waals surface area contributed by atoms with Gasteiger partial charge in [-0.3, -0.25) is 4.79 Å². The number of carbonyl (C=O) groups is 2. The molecule has 2 atom stereocenters. The molecule has 3 rings (SSSR count). The Labute approximate surface area is 169 Å². The maximum absolute atomic E-state index is 12.6. The summed E-state index contributed by atoms with van der Waals surface area (Å²) in [6, 6.07) is 10.0. The summed E-state index contributed by atoms with van der Waals surface area (Å²) < 4.78 is 33.9. The van der Waals surface area contributed by atoms with Crippen LogP contribution in [0.5, 0.6) is 0 Å². The van der Waals surface area contributed by atoms with Crippen molar-refractivity contribution < 1.29 is 27.2 Å². The van der Waals surface area contributed by atoms with Crippen LogP contribution in [0.15, 0.2) is 47.1 Å². The molecule has 1 aromatic carbocycles. The monoisotopic (exact) mass is 420 g/mol. The summed E-state index contributed by atoms with van der Waals surface area (Å²) in [5.74, 6) is -0.347. The molecule has 0 unspecified atom stereocenters. The first-order valence-corrected chi connectivity index (χ1v) is 11.1. The Morgan fingerprint density at radius 1 is 1.28 bits per heavy atom. The van der Waals surface area contributed by atoms with E-state index in [-0.39, 0.29) is 11.5 Å². The quantitative estimate of drug-likeness (QED) is 0.684. The number of amides is 1. The zero-order valence-corrected chi connectivity index (χ0v) is 17.1. The molecule has 0 bridgehead atoms. The maximum atomic E-state index is 12.6. The number of sulfone groups is 1. The summed E-state index contributed by atoms with van der Waals surface area (Å²) in [6.45, 7) is 1.88. The van der Waals surface area contributed by atoms with E-state index in [0.717, 1.165) is 0 Å². The lowest BCUT2D eigenvalue weighted by atomic mass is 10.1. The van der Waals surface area contributed by atoms with E-state index in [0.29, 0.717) is 30.0 Å². The third kappa shape index (κ3) is 5.17. The van der Waals surface area contributed by atoms with Crippen molar-refractivity contribution in [1.82, 2.24) is 4.90 Å². The lowest BCUT2D eigenvalue weighted by Gasteiger charge is -2.26. The first kappa shape index (κ1) is 20.9. The number of nitrogens with one attached hydrogen (secondary N) is 1. The van der Waals surface area contributed by atoms with Crippen molar-refractivity contribution in [3.8, 4) is 0 Å². The first-order valence-electron chi connectivity index (χ1n) is 9.30. The van der Waals surface area contributed by atoms with Gasteiger partial charge in [-0.2, -0.15) is 0 Å².